The molecular formula is C16H22N2S. The van der Waals surface area contributed by atoms with Gasteiger partial charge in [-0.15, -0.1) is 11.3 Å². The molecule has 19 heavy (non-hydrogen) atoms. The molecule has 2 unspecified atom stereocenters. The van der Waals surface area contributed by atoms with Gasteiger partial charge in [-0.1, -0.05) is 26.7 Å². The summed E-state index contributed by atoms with van der Waals surface area (Å²) in [6, 6.07) is 7.18. The first kappa shape index (κ1) is 12.9. The summed E-state index contributed by atoms with van der Waals surface area (Å²) in [6.45, 7) is 4.72. The molecule has 1 fully saturated rings. The predicted molar refractivity (Wildman–Crippen MR) is 83.8 cm³/mol. The number of hydrogen-bond donors (Lipinski definition) is 1. The summed E-state index contributed by atoms with van der Waals surface area (Å²) in [5.74, 6) is 1.70. The first-order valence-electron chi connectivity index (χ1n) is 7.32. The minimum Gasteiger partial charge on any atom is -0.382 e. The van der Waals surface area contributed by atoms with Crippen LogP contribution in [-0.4, -0.2) is 11.0 Å². The molecule has 1 heterocycles. The van der Waals surface area contributed by atoms with Crippen molar-refractivity contribution in [2.75, 3.05) is 5.32 Å². The Bertz CT molecular complexity index is 546. The molecule has 1 aromatic heterocycles. The summed E-state index contributed by atoms with van der Waals surface area (Å²) in [5.41, 5.74) is 4.29. The van der Waals surface area contributed by atoms with Crippen molar-refractivity contribution in [2.24, 2.45) is 11.8 Å². The first-order chi connectivity index (χ1) is 9.22. The largest absolute Gasteiger partial charge is 0.382 e. The van der Waals surface area contributed by atoms with Gasteiger partial charge < -0.3 is 5.32 Å². The molecule has 0 spiro atoms. The van der Waals surface area contributed by atoms with Crippen LogP contribution in [0.3, 0.4) is 0 Å². The normalized spacial score (nSPS) is 23.9. The Morgan fingerprint density at radius 3 is 3.05 bits per heavy atom. The third kappa shape index (κ3) is 2.92. The fourth-order valence-electron chi connectivity index (χ4n) is 3.14. The van der Waals surface area contributed by atoms with E-state index in [2.05, 4.69) is 42.3 Å². The van der Waals surface area contributed by atoms with E-state index in [1.807, 2.05) is 5.51 Å². The van der Waals surface area contributed by atoms with Crippen LogP contribution in [0.15, 0.2) is 23.7 Å². The number of thiazole rings is 1. The molecule has 1 aliphatic carbocycles. The average Bonchev–Trinajstić information content (AvgIpc) is 2.86. The molecule has 3 rings (SSSR count). The molecular weight excluding hydrogens is 252 g/mol. The average molecular weight is 274 g/mol. The molecule has 3 heteroatoms. The minimum absolute atomic E-state index is 0.645. The monoisotopic (exact) mass is 274 g/mol. The SMILES string of the molecule is CC(C)C1CCCC(Nc2ccc3ncsc3c2)C1. The standard InChI is InChI=1S/C16H22N2S/c1-11(2)12-4-3-5-13(8-12)18-14-6-7-15-16(9-14)19-10-17-15/h6-7,9-13,18H,3-5,8H2,1-2H3. The highest BCUT2D eigenvalue weighted by Gasteiger charge is 2.23. The van der Waals surface area contributed by atoms with E-state index in [-0.39, 0.29) is 0 Å². The zero-order chi connectivity index (χ0) is 13.2. The number of anilines is 1. The molecule has 0 radical (unpaired) electrons. The van der Waals surface area contributed by atoms with Gasteiger partial charge in [-0.25, -0.2) is 4.98 Å². The van der Waals surface area contributed by atoms with E-state index in [1.165, 1.54) is 36.1 Å². The third-order valence-corrected chi connectivity index (χ3v) is 5.15. The summed E-state index contributed by atoms with van der Waals surface area (Å²) in [4.78, 5) is 4.33. The molecule has 1 N–H and O–H groups in total. The van der Waals surface area contributed by atoms with Crippen molar-refractivity contribution in [2.45, 2.75) is 45.6 Å². The van der Waals surface area contributed by atoms with Gasteiger partial charge in [0.1, 0.15) is 0 Å². The van der Waals surface area contributed by atoms with E-state index in [0.29, 0.717) is 6.04 Å². The smallest absolute Gasteiger partial charge is 0.0813 e. The molecule has 2 aromatic rings. The quantitative estimate of drug-likeness (QED) is 0.859. The van der Waals surface area contributed by atoms with Gasteiger partial charge in [-0.3, -0.25) is 0 Å². The number of aromatic nitrogens is 1. The van der Waals surface area contributed by atoms with Crippen LogP contribution in [0.25, 0.3) is 10.2 Å². The molecule has 0 bridgehead atoms. The number of nitrogens with zero attached hydrogens (tertiary/aromatic N) is 1. The van der Waals surface area contributed by atoms with Gasteiger partial charge in [-0.2, -0.15) is 0 Å². The Kier molecular flexibility index (Phi) is 3.74. The maximum Gasteiger partial charge on any atom is 0.0813 e. The number of benzene rings is 1. The number of rotatable bonds is 3. The second-order valence-corrected chi connectivity index (χ2v) is 6.93. The third-order valence-electron chi connectivity index (χ3n) is 4.36. The summed E-state index contributed by atoms with van der Waals surface area (Å²) in [5, 5.41) is 3.73. The van der Waals surface area contributed by atoms with Gasteiger partial charge in [0, 0.05) is 11.7 Å². The Labute approximate surface area is 119 Å². The first-order valence-corrected chi connectivity index (χ1v) is 8.20. The van der Waals surface area contributed by atoms with Gasteiger partial charge in [0.15, 0.2) is 0 Å². The summed E-state index contributed by atoms with van der Waals surface area (Å²) in [6.07, 6.45) is 5.40. The van der Waals surface area contributed by atoms with Crippen molar-refractivity contribution >= 4 is 27.2 Å². The molecule has 102 valence electrons. The fourth-order valence-corrected chi connectivity index (χ4v) is 3.86. The van der Waals surface area contributed by atoms with Crippen molar-refractivity contribution in [1.29, 1.82) is 0 Å². The Morgan fingerprint density at radius 2 is 2.21 bits per heavy atom. The van der Waals surface area contributed by atoms with Crippen molar-refractivity contribution in [3.05, 3.63) is 23.7 Å². The summed E-state index contributed by atoms with van der Waals surface area (Å²) < 4.78 is 1.28. The fraction of sp³-hybridized carbons (Fsp3) is 0.562. The van der Waals surface area contributed by atoms with E-state index in [4.69, 9.17) is 0 Å². The molecule has 2 nitrogen and oxygen atoms in total. The molecule has 0 amide bonds. The molecule has 0 saturated heterocycles. The lowest BCUT2D eigenvalue weighted by molar-refractivity contribution is 0.264. The highest BCUT2D eigenvalue weighted by Crippen LogP contribution is 2.32. The maximum atomic E-state index is 4.33. The van der Waals surface area contributed by atoms with Crippen LogP contribution in [0, 0.1) is 11.8 Å². The number of nitrogens with one attached hydrogen (secondary N) is 1. The van der Waals surface area contributed by atoms with Gasteiger partial charge in [0.25, 0.3) is 0 Å². The van der Waals surface area contributed by atoms with Crippen LogP contribution in [0.4, 0.5) is 5.69 Å². The van der Waals surface area contributed by atoms with Crippen LogP contribution in [0.1, 0.15) is 39.5 Å². The van der Waals surface area contributed by atoms with E-state index < -0.39 is 0 Å². The van der Waals surface area contributed by atoms with Crippen molar-refractivity contribution in [3.63, 3.8) is 0 Å². The Hall–Kier alpha value is -1.09. The van der Waals surface area contributed by atoms with Crippen LogP contribution in [0.5, 0.6) is 0 Å². The lowest BCUT2D eigenvalue weighted by Gasteiger charge is -2.32. The van der Waals surface area contributed by atoms with E-state index in [9.17, 15) is 0 Å². The Balaban J connectivity index is 1.69. The summed E-state index contributed by atoms with van der Waals surface area (Å²) in [7, 11) is 0. The minimum atomic E-state index is 0.645. The van der Waals surface area contributed by atoms with Crippen molar-refractivity contribution < 1.29 is 0 Å². The topological polar surface area (TPSA) is 24.9 Å². The second kappa shape index (κ2) is 5.49. The highest BCUT2D eigenvalue weighted by atomic mass is 32.1. The van der Waals surface area contributed by atoms with Crippen molar-refractivity contribution in [3.8, 4) is 0 Å². The lowest BCUT2D eigenvalue weighted by Crippen LogP contribution is -2.29. The van der Waals surface area contributed by atoms with Gasteiger partial charge >= 0.3 is 0 Å². The van der Waals surface area contributed by atoms with E-state index in [0.717, 1.165) is 17.4 Å². The molecule has 1 aliphatic rings. The highest BCUT2D eigenvalue weighted by molar-refractivity contribution is 7.16. The van der Waals surface area contributed by atoms with Gasteiger partial charge in [0.05, 0.1) is 15.7 Å². The Morgan fingerprint density at radius 1 is 1.32 bits per heavy atom. The lowest BCUT2D eigenvalue weighted by atomic mass is 9.79. The predicted octanol–water partition coefficient (Wildman–Crippen LogP) is 4.92. The van der Waals surface area contributed by atoms with E-state index >= 15 is 0 Å². The molecule has 1 saturated carbocycles. The zero-order valence-corrected chi connectivity index (χ0v) is 12.5. The summed E-state index contributed by atoms with van der Waals surface area (Å²) >= 11 is 1.72. The molecule has 2 atom stereocenters. The van der Waals surface area contributed by atoms with Crippen LogP contribution in [-0.2, 0) is 0 Å². The number of hydrogen-bond acceptors (Lipinski definition) is 3. The molecule has 1 aromatic carbocycles. The second-order valence-electron chi connectivity index (χ2n) is 6.05. The zero-order valence-electron chi connectivity index (χ0n) is 11.7. The van der Waals surface area contributed by atoms with Crippen molar-refractivity contribution in [1.82, 2.24) is 4.98 Å². The number of fused-ring (bicyclic) bond motifs is 1. The van der Waals surface area contributed by atoms with E-state index in [1.54, 1.807) is 11.3 Å². The van der Waals surface area contributed by atoms with Gasteiger partial charge in [0.2, 0.25) is 0 Å². The van der Waals surface area contributed by atoms with Crippen LogP contribution < -0.4 is 5.32 Å². The van der Waals surface area contributed by atoms with Crippen LogP contribution >= 0.6 is 11.3 Å². The van der Waals surface area contributed by atoms with Gasteiger partial charge in [-0.05, 0) is 42.9 Å². The maximum absolute atomic E-state index is 4.33. The van der Waals surface area contributed by atoms with Crippen LogP contribution in [0.2, 0.25) is 0 Å². The molecule has 0 aliphatic heterocycles.